The van der Waals surface area contributed by atoms with Crippen molar-refractivity contribution in [3.63, 3.8) is 0 Å². The lowest BCUT2D eigenvalue weighted by Crippen LogP contribution is -2.28. The molecular weight excluding hydrogens is 292 g/mol. The number of nitriles is 1. The Morgan fingerprint density at radius 2 is 2.00 bits per heavy atom. The van der Waals surface area contributed by atoms with Crippen molar-refractivity contribution in [2.75, 3.05) is 20.2 Å². The number of ether oxygens (including phenoxy) is 2. The lowest BCUT2D eigenvalue weighted by molar-refractivity contribution is -0.125. The molecule has 1 aromatic carbocycles. The van der Waals surface area contributed by atoms with Crippen LogP contribution in [-0.4, -0.2) is 37.1 Å². The number of likely N-dealkylation sites (tertiary alicyclic amines) is 1. The molecule has 1 aliphatic heterocycles. The Labute approximate surface area is 137 Å². The molecule has 0 aromatic heterocycles. The van der Waals surface area contributed by atoms with Crippen LogP contribution in [0.25, 0.3) is 6.08 Å². The largest absolute Gasteiger partial charge is 0.493 e. The van der Waals surface area contributed by atoms with Crippen LogP contribution in [0.1, 0.15) is 32.3 Å². The van der Waals surface area contributed by atoms with Gasteiger partial charge >= 0.3 is 0 Å². The predicted molar refractivity (Wildman–Crippen MR) is 88.2 cm³/mol. The van der Waals surface area contributed by atoms with E-state index in [-0.39, 0.29) is 17.6 Å². The van der Waals surface area contributed by atoms with Gasteiger partial charge in [-0.2, -0.15) is 5.26 Å². The average Bonchev–Trinajstić information content (AvgIpc) is 3.07. The smallest absolute Gasteiger partial charge is 0.264 e. The summed E-state index contributed by atoms with van der Waals surface area (Å²) in [5, 5.41) is 9.30. The molecule has 1 aromatic rings. The van der Waals surface area contributed by atoms with Crippen LogP contribution in [0, 0.1) is 11.3 Å². The summed E-state index contributed by atoms with van der Waals surface area (Å²) in [6.07, 6.45) is 3.64. The van der Waals surface area contributed by atoms with E-state index >= 15 is 0 Å². The fraction of sp³-hybridized carbons (Fsp3) is 0.444. The van der Waals surface area contributed by atoms with Gasteiger partial charge in [0.25, 0.3) is 5.91 Å². The van der Waals surface area contributed by atoms with Crippen molar-refractivity contribution in [3.05, 3.63) is 29.3 Å². The van der Waals surface area contributed by atoms with Crippen molar-refractivity contribution in [2.24, 2.45) is 0 Å². The molecule has 0 spiro atoms. The van der Waals surface area contributed by atoms with Gasteiger partial charge in [-0.3, -0.25) is 4.79 Å². The lowest BCUT2D eigenvalue weighted by atomic mass is 10.1. The molecule has 122 valence electrons. The van der Waals surface area contributed by atoms with Gasteiger partial charge in [0.15, 0.2) is 11.5 Å². The van der Waals surface area contributed by atoms with Crippen molar-refractivity contribution in [1.82, 2.24) is 4.90 Å². The number of methoxy groups -OCH3 is 1. The summed E-state index contributed by atoms with van der Waals surface area (Å²) in [5.74, 6) is 1.02. The maximum absolute atomic E-state index is 12.3. The van der Waals surface area contributed by atoms with Crippen molar-refractivity contribution in [2.45, 2.75) is 32.8 Å². The third-order valence-corrected chi connectivity index (χ3v) is 3.61. The van der Waals surface area contributed by atoms with Gasteiger partial charge in [0, 0.05) is 13.1 Å². The first-order valence-corrected chi connectivity index (χ1v) is 7.81. The van der Waals surface area contributed by atoms with Gasteiger partial charge in [-0.15, -0.1) is 0 Å². The molecule has 0 radical (unpaired) electrons. The van der Waals surface area contributed by atoms with Gasteiger partial charge in [-0.1, -0.05) is 6.07 Å². The van der Waals surface area contributed by atoms with E-state index in [1.54, 1.807) is 30.2 Å². The minimum absolute atomic E-state index is 0.0386. The summed E-state index contributed by atoms with van der Waals surface area (Å²) in [7, 11) is 1.57. The van der Waals surface area contributed by atoms with E-state index in [1.165, 1.54) is 0 Å². The Morgan fingerprint density at radius 1 is 1.30 bits per heavy atom. The predicted octanol–water partition coefficient (Wildman–Crippen LogP) is 3.01. The van der Waals surface area contributed by atoms with Crippen LogP contribution in [0.5, 0.6) is 11.5 Å². The highest BCUT2D eigenvalue weighted by molar-refractivity contribution is 6.01. The fourth-order valence-corrected chi connectivity index (χ4v) is 2.52. The number of carbonyl (C=O) groups excluding carboxylic acids is 1. The van der Waals surface area contributed by atoms with Crippen LogP contribution in [0.2, 0.25) is 0 Å². The second-order valence-corrected chi connectivity index (χ2v) is 5.75. The molecular formula is C18H22N2O3. The molecule has 5 nitrogen and oxygen atoms in total. The Bertz CT molecular complexity index is 638. The third-order valence-electron chi connectivity index (χ3n) is 3.61. The number of amides is 1. The molecule has 1 heterocycles. The zero-order chi connectivity index (χ0) is 16.8. The van der Waals surface area contributed by atoms with Crippen LogP contribution < -0.4 is 9.47 Å². The molecule has 0 aliphatic carbocycles. The van der Waals surface area contributed by atoms with Gasteiger partial charge < -0.3 is 14.4 Å². The number of hydrogen-bond acceptors (Lipinski definition) is 4. The van der Waals surface area contributed by atoms with E-state index < -0.39 is 0 Å². The maximum atomic E-state index is 12.3. The SMILES string of the molecule is COc1cc(/C=C(\C#N)C(=O)N2CCCC2)ccc1OC(C)C. The molecule has 0 unspecified atom stereocenters. The van der Waals surface area contributed by atoms with E-state index in [1.807, 2.05) is 26.0 Å². The summed E-state index contributed by atoms with van der Waals surface area (Å²) in [5.41, 5.74) is 0.883. The Morgan fingerprint density at radius 3 is 2.57 bits per heavy atom. The van der Waals surface area contributed by atoms with E-state index in [4.69, 9.17) is 9.47 Å². The molecule has 1 aliphatic rings. The summed E-state index contributed by atoms with van der Waals surface area (Å²) in [6, 6.07) is 7.39. The topological polar surface area (TPSA) is 62.6 Å². The average molecular weight is 314 g/mol. The first kappa shape index (κ1) is 16.9. The van der Waals surface area contributed by atoms with Gasteiger partial charge in [-0.05, 0) is 50.5 Å². The quantitative estimate of drug-likeness (QED) is 0.619. The highest BCUT2D eigenvalue weighted by Gasteiger charge is 2.21. The molecule has 1 saturated heterocycles. The summed E-state index contributed by atoms with van der Waals surface area (Å²) < 4.78 is 11.0. The number of benzene rings is 1. The molecule has 23 heavy (non-hydrogen) atoms. The summed E-state index contributed by atoms with van der Waals surface area (Å²) in [6.45, 7) is 5.33. The van der Waals surface area contributed by atoms with Crippen LogP contribution in [0.15, 0.2) is 23.8 Å². The van der Waals surface area contributed by atoms with E-state index in [2.05, 4.69) is 0 Å². The second kappa shape index (κ2) is 7.68. The molecule has 0 saturated carbocycles. The monoisotopic (exact) mass is 314 g/mol. The van der Waals surface area contributed by atoms with Crippen molar-refractivity contribution >= 4 is 12.0 Å². The van der Waals surface area contributed by atoms with Gasteiger partial charge in [-0.25, -0.2) is 0 Å². The van der Waals surface area contributed by atoms with Gasteiger partial charge in [0.2, 0.25) is 0 Å². The zero-order valence-electron chi connectivity index (χ0n) is 13.8. The van der Waals surface area contributed by atoms with E-state index in [9.17, 15) is 10.1 Å². The first-order chi connectivity index (χ1) is 11.0. The Balaban J connectivity index is 2.25. The third kappa shape index (κ3) is 4.26. The molecule has 1 fully saturated rings. The Kier molecular flexibility index (Phi) is 5.64. The normalized spacial score (nSPS) is 14.7. The number of rotatable bonds is 5. The number of hydrogen-bond donors (Lipinski definition) is 0. The first-order valence-electron chi connectivity index (χ1n) is 7.81. The van der Waals surface area contributed by atoms with Crippen molar-refractivity contribution in [3.8, 4) is 17.6 Å². The van der Waals surface area contributed by atoms with Crippen LogP contribution in [0.4, 0.5) is 0 Å². The van der Waals surface area contributed by atoms with E-state index in [0.29, 0.717) is 11.5 Å². The summed E-state index contributed by atoms with van der Waals surface area (Å²) >= 11 is 0. The number of carbonyl (C=O) groups is 1. The fourth-order valence-electron chi connectivity index (χ4n) is 2.52. The van der Waals surface area contributed by atoms with Crippen LogP contribution in [0.3, 0.4) is 0 Å². The van der Waals surface area contributed by atoms with Crippen molar-refractivity contribution in [1.29, 1.82) is 5.26 Å². The molecule has 0 N–H and O–H groups in total. The minimum Gasteiger partial charge on any atom is -0.493 e. The van der Waals surface area contributed by atoms with Crippen LogP contribution in [-0.2, 0) is 4.79 Å². The van der Waals surface area contributed by atoms with E-state index in [0.717, 1.165) is 31.5 Å². The summed E-state index contributed by atoms with van der Waals surface area (Å²) in [4.78, 5) is 14.1. The molecule has 5 heteroatoms. The molecule has 0 bridgehead atoms. The number of nitrogens with zero attached hydrogens (tertiary/aromatic N) is 2. The van der Waals surface area contributed by atoms with Crippen molar-refractivity contribution < 1.29 is 14.3 Å². The minimum atomic E-state index is -0.202. The maximum Gasteiger partial charge on any atom is 0.264 e. The van der Waals surface area contributed by atoms with Gasteiger partial charge in [0.1, 0.15) is 11.6 Å². The standard InChI is InChI=1S/C18H22N2O3/c1-13(2)23-16-7-6-14(11-17(16)22-3)10-15(12-19)18(21)20-8-4-5-9-20/h6-7,10-11,13H,4-5,8-9H2,1-3H3/b15-10+. The highest BCUT2D eigenvalue weighted by Crippen LogP contribution is 2.30. The Hall–Kier alpha value is -2.48. The van der Waals surface area contributed by atoms with Crippen LogP contribution >= 0.6 is 0 Å². The molecule has 0 atom stereocenters. The van der Waals surface area contributed by atoms with Gasteiger partial charge in [0.05, 0.1) is 13.2 Å². The lowest BCUT2D eigenvalue weighted by Gasteiger charge is -2.15. The zero-order valence-corrected chi connectivity index (χ0v) is 13.8. The second-order valence-electron chi connectivity index (χ2n) is 5.75. The molecule has 2 rings (SSSR count). The highest BCUT2D eigenvalue weighted by atomic mass is 16.5. The molecule has 1 amide bonds.